The van der Waals surface area contributed by atoms with Crippen molar-refractivity contribution in [1.29, 1.82) is 0 Å². The minimum absolute atomic E-state index is 0.0602. The Morgan fingerprint density at radius 1 is 1.35 bits per heavy atom. The highest BCUT2D eigenvalue weighted by Crippen LogP contribution is 2.32. The van der Waals surface area contributed by atoms with Gasteiger partial charge in [0.2, 0.25) is 0 Å². The minimum atomic E-state index is -0.956. The van der Waals surface area contributed by atoms with Gasteiger partial charge < -0.3 is 9.84 Å². The Labute approximate surface area is 102 Å². The van der Waals surface area contributed by atoms with Gasteiger partial charge in [0.15, 0.2) is 0 Å². The van der Waals surface area contributed by atoms with Gasteiger partial charge in [-0.25, -0.2) is 9.59 Å². The molecule has 17 heavy (non-hydrogen) atoms. The van der Waals surface area contributed by atoms with Gasteiger partial charge in [-0.2, -0.15) is 0 Å². The van der Waals surface area contributed by atoms with E-state index in [2.05, 4.69) is 0 Å². The molecular weight excluding hydrogens is 222 g/mol. The standard InChI is InChI=1S/C12H21NO4/c1-12(2,3)17-11(16)13(4)9(10(14)15)8-6-5-7-8/h8-9H,5-7H2,1-4H3,(H,14,15). The summed E-state index contributed by atoms with van der Waals surface area (Å²) in [7, 11) is 1.49. The molecule has 0 radical (unpaired) electrons. The number of hydrogen-bond acceptors (Lipinski definition) is 3. The van der Waals surface area contributed by atoms with E-state index in [-0.39, 0.29) is 5.92 Å². The van der Waals surface area contributed by atoms with E-state index in [0.29, 0.717) is 0 Å². The maximum atomic E-state index is 11.8. The number of ether oxygens (including phenoxy) is 1. The van der Waals surface area contributed by atoms with Crippen LogP contribution in [0.15, 0.2) is 0 Å². The van der Waals surface area contributed by atoms with Crippen LogP contribution in [-0.4, -0.2) is 40.8 Å². The van der Waals surface area contributed by atoms with Gasteiger partial charge in [0.05, 0.1) is 0 Å². The fourth-order valence-corrected chi connectivity index (χ4v) is 1.89. The molecule has 0 aliphatic heterocycles. The summed E-state index contributed by atoms with van der Waals surface area (Å²) >= 11 is 0. The first-order valence-corrected chi connectivity index (χ1v) is 5.91. The molecule has 0 aromatic rings. The van der Waals surface area contributed by atoms with Crippen LogP contribution in [0.25, 0.3) is 0 Å². The summed E-state index contributed by atoms with van der Waals surface area (Å²) in [5.41, 5.74) is -0.603. The second-order valence-corrected chi connectivity index (χ2v) is 5.57. The fraction of sp³-hybridized carbons (Fsp3) is 0.833. The molecule has 98 valence electrons. The van der Waals surface area contributed by atoms with Crippen molar-refractivity contribution in [2.75, 3.05) is 7.05 Å². The summed E-state index contributed by atoms with van der Waals surface area (Å²) in [5, 5.41) is 9.18. The third-order valence-corrected chi connectivity index (χ3v) is 2.95. The van der Waals surface area contributed by atoms with E-state index in [1.807, 2.05) is 0 Å². The van der Waals surface area contributed by atoms with Crippen LogP contribution >= 0.6 is 0 Å². The van der Waals surface area contributed by atoms with Gasteiger partial charge in [-0.05, 0) is 39.5 Å². The van der Waals surface area contributed by atoms with Crippen LogP contribution in [0, 0.1) is 5.92 Å². The van der Waals surface area contributed by atoms with Gasteiger partial charge in [-0.15, -0.1) is 0 Å². The second-order valence-electron chi connectivity index (χ2n) is 5.57. The lowest BCUT2D eigenvalue weighted by atomic mass is 9.79. The van der Waals surface area contributed by atoms with Crippen LogP contribution < -0.4 is 0 Å². The minimum Gasteiger partial charge on any atom is -0.480 e. The molecule has 5 nitrogen and oxygen atoms in total. The Morgan fingerprint density at radius 3 is 2.18 bits per heavy atom. The van der Waals surface area contributed by atoms with Crippen LogP contribution in [0.4, 0.5) is 4.79 Å². The van der Waals surface area contributed by atoms with Crippen molar-refractivity contribution < 1.29 is 19.4 Å². The molecule has 1 saturated carbocycles. The molecule has 1 atom stereocenters. The summed E-state index contributed by atoms with van der Waals surface area (Å²) < 4.78 is 5.17. The van der Waals surface area contributed by atoms with Gasteiger partial charge >= 0.3 is 12.1 Å². The van der Waals surface area contributed by atoms with Crippen molar-refractivity contribution >= 4 is 12.1 Å². The zero-order chi connectivity index (χ0) is 13.2. The molecule has 0 aromatic heterocycles. The molecule has 1 aliphatic rings. The quantitative estimate of drug-likeness (QED) is 0.824. The average molecular weight is 243 g/mol. The van der Waals surface area contributed by atoms with E-state index in [0.717, 1.165) is 19.3 Å². The molecule has 0 saturated heterocycles. The number of carboxylic acid groups (broad SMARTS) is 1. The van der Waals surface area contributed by atoms with Crippen molar-refractivity contribution in [3.63, 3.8) is 0 Å². The fourth-order valence-electron chi connectivity index (χ4n) is 1.89. The number of rotatable bonds is 3. The summed E-state index contributed by atoms with van der Waals surface area (Å²) in [5.74, 6) is -0.895. The number of likely N-dealkylation sites (N-methyl/N-ethyl adjacent to an activating group) is 1. The third kappa shape index (κ3) is 3.61. The number of carbonyl (C=O) groups excluding carboxylic acids is 1. The van der Waals surface area contributed by atoms with Crippen LogP contribution in [0.3, 0.4) is 0 Å². The summed E-state index contributed by atoms with van der Waals surface area (Å²) in [6.45, 7) is 5.29. The zero-order valence-electron chi connectivity index (χ0n) is 10.9. The van der Waals surface area contributed by atoms with Crippen LogP contribution in [0.2, 0.25) is 0 Å². The lowest BCUT2D eigenvalue weighted by Crippen LogP contribution is -2.50. The topological polar surface area (TPSA) is 66.8 Å². The molecule has 0 heterocycles. The lowest BCUT2D eigenvalue weighted by Gasteiger charge is -2.37. The first-order valence-electron chi connectivity index (χ1n) is 5.91. The molecule has 0 bridgehead atoms. The SMILES string of the molecule is CN(C(=O)OC(C)(C)C)C(C(=O)O)C1CCC1. The number of carbonyl (C=O) groups is 2. The predicted molar refractivity (Wildman–Crippen MR) is 62.8 cm³/mol. The highest BCUT2D eigenvalue weighted by atomic mass is 16.6. The third-order valence-electron chi connectivity index (χ3n) is 2.95. The molecule has 1 unspecified atom stereocenters. The predicted octanol–water partition coefficient (Wildman–Crippen LogP) is 2.11. The average Bonchev–Trinajstić information content (AvgIpc) is 2.06. The number of nitrogens with zero attached hydrogens (tertiary/aromatic N) is 1. The van der Waals surface area contributed by atoms with Gasteiger partial charge in [0.1, 0.15) is 11.6 Å². The molecule has 0 aromatic carbocycles. The maximum Gasteiger partial charge on any atom is 0.410 e. The van der Waals surface area contributed by atoms with Crippen molar-refractivity contribution in [1.82, 2.24) is 4.90 Å². The molecule has 1 aliphatic carbocycles. The smallest absolute Gasteiger partial charge is 0.410 e. The Balaban J connectivity index is 2.67. The monoisotopic (exact) mass is 243 g/mol. The molecule has 1 amide bonds. The van der Waals surface area contributed by atoms with E-state index >= 15 is 0 Å². The molecule has 5 heteroatoms. The van der Waals surface area contributed by atoms with Crippen LogP contribution in [0.5, 0.6) is 0 Å². The maximum absolute atomic E-state index is 11.8. The Bertz CT molecular complexity index is 304. The Morgan fingerprint density at radius 2 is 1.88 bits per heavy atom. The Hall–Kier alpha value is -1.26. The van der Waals surface area contributed by atoms with E-state index in [1.54, 1.807) is 20.8 Å². The van der Waals surface area contributed by atoms with E-state index < -0.39 is 23.7 Å². The van der Waals surface area contributed by atoms with Gasteiger partial charge in [-0.1, -0.05) is 6.42 Å². The van der Waals surface area contributed by atoms with Crippen molar-refractivity contribution in [2.24, 2.45) is 5.92 Å². The van der Waals surface area contributed by atoms with E-state index in [9.17, 15) is 14.7 Å². The molecule has 1 N–H and O–H groups in total. The number of amides is 1. The number of hydrogen-bond donors (Lipinski definition) is 1. The first-order chi connectivity index (χ1) is 7.72. The van der Waals surface area contributed by atoms with Crippen molar-refractivity contribution in [3.05, 3.63) is 0 Å². The van der Waals surface area contributed by atoms with Crippen molar-refractivity contribution in [3.8, 4) is 0 Å². The van der Waals surface area contributed by atoms with Gasteiger partial charge in [0, 0.05) is 7.05 Å². The van der Waals surface area contributed by atoms with Crippen LogP contribution in [-0.2, 0) is 9.53 Å². The summed E-state index contributed by atoms with van der Waals surface area (Å²) in [6.07, 6.45) is 2.20. The molecular formula is C12H21NO4. The zero-order valence-corrected chi connectivity index (χ0v) is 10.9. The van der Waals surface area contributed by atoms with Gasteiger partial charge in [0.25, 0.3) is 0 Å². The molecule has 1 rings (SSSR count). The Kier molecular flexibility index (Phi) is 4.01. The normalized spacial score (nSPS) is 18.1. The van der Waals surface area contributed by atoms with Crippen molar-refractivity contribution in [2.45, 2.75) is 51.7 Å². The first kappa shape index (κ1) is 13.8. The largest absolute Gasteiger partial charge is 0.480 e. The number of aliphatic carboxylic acids is 1. The highest BCUT2D eigenvalue weighted by Gasteiger charge is 2.38. The molecule has 1 fully saturated rings. The number of carboxylic acids is 1. The summed E-state index contributed by atoms with van der Waals surface area (Å²) in [6, 6.07) is -0.765. The highest BCUT2D eigenvalue weighted by molar-refractivity contribution is 5.80. The summed E-state index contributed by atoms with van der Waals surface area (Å²) in [4.78, 5) is 24.2. The second kappa shape index (κ2) is 4.94. The van der Waals surface area contributed by atoms with Crippen LogP contribution in [0.1, 0.15) is 40.0 Å². The van der Waals surface area contributed by atoms with Gasteiger partial charge in [-0.3, -0.25) is 4.90 Å². The molecule has 0 spiro atoms. The lowest BCUT2D eigenvalue weighted by molar-refractivity contribution is -0.146. The van der Waals surface area contributed by atoms with E-state index in [1.165, 1.54) is 11.9 Å². The van der Waals surface area contributed by atoms with E-state index in [4.69, 9.17) is 4.74 Å².